The van der Waals surface area contributed by atoms with Crippen LogP contribution in [-0.2, 0) is 11.3 Å². The van der Waals surface area contributed by atoms with Gasteiger partial charge in [-0.15, -0.1) is 0 Å². The molecule has 0 heterocycles. The molecule has 76 valence electrons. The Morgan fingerprint density at radius 1 is 1.43 bits per heavy atom. The van der Waals surface area contributed by atoms with Gasteiger partial charge in [-0.3, -0.25) is 9.69 Å². The summed E-state index contributed by atoms with van der Waals surface area (Å²) < 4.78 is 1.21. The van der Waals surface area contributed by atoms with Gasteiger partial charge in [0.25, 0.3) is 0 Å². The fourth-order valence-corrected chi connectivity index (χ4v) is 1.58. The van der Waals surface area contributed by atoms with Crippen LogP contribution in [0.4, 0.5) is 0 Å². The van der Waals surface area contributed by atoms with Crippen LogP contribution in [-0.4, -0.2) is 24.4 Å². The lowest BCUT2D eigenvalue weighted by Gasteiger charge is -2.14. The van der Waals surface area contributed by atoms with E-state index in [1.165, 1.54) is 9.13 Å². The Morgan fingerprint density at radius 3 is 2.50 bits per heavy atom. The summed E-state index contributed by atoms with van der Waals surface area (Å²) in [5, 5.41) is 0. The summed E-state index contributed by atoms with van der Waals surface area (Å²) in [4.78, 5) is 12.5. The second-order valence-corrected chi connectivity index (χ2v) is 4.51. The molecule has 2 N–H and O–H groups in total. The largest absolute Gasteiger partial charge is 0.369 e. The molecule has 0 spiro atoms. The van der Waals surface area contributed by atoms with Crippen molar-refractivity contribution in [3.05, 3.63) is 33.4 Å². The molecule has 0 aliphatic rings. The number of primary amides is 1. The van der Waals surface area contributed by atoms with Crippen LogP contribution in [0.3, 0.4) is 0 Å². The molecular formula is C10H13IN2O. The molecule has 3 nitrogen and oxygen atoms in total. The first-order valence-corrected chi connectivity index (χ1v) is 5.37. The number of rotatable bonds is 4. The number of benzene rings is 1. The first-order chi connectivity index (χ1) is 6.58. The van der Waals surface area contributed by atoms with Gasteiger partial charge >= 0.3 is 0 Å². The Bertz CT molecular complexity index is 310. The summed E-state index contributed by atoms with van der Waals surface area (Å²) in [5.41, 5.74) is 6.28. The van der Waals surface area contributed by atoms with Crippen molar-refractivity contribution >= 4 is 28.5 Å². The van der Waals surface area contributed by atoms with Crippen molar-refractivity contribution in [2.45, 2.75) is 6.54 Å². The number of hydrogen-bond acceptors (Lipinski definition) is 2. The van der Waals surface area contributed by atoms with Crippen molar-refractivity contribution in [3.8, 4) is 0 Å². The molecule has 1 aromatic rings. The van der Waals surface area contributed by atoms with Gasteiger partial charge in [0.05, 0.1) is 6.54 Å². The van der Waals surface area contributed by atoms with E-state index in [9.17, 15) is 4.79 Å². The smallest absolute Gasteiger partial charge is 0.231 e. The summed E-state index contributed by atoms with van der Waals surface area (Å²) >= 11 is 2.26. The average Bonchev–Trinajstić information content (AvgIpc) is 2.07. The zero-order valence-electron chi connectivity index (χ0n) is 8.03. The first-order valence-electron chi connectivity index (χ1n) is 4.29. The lowest BCUT2D eigenvalue weighted by Crippen LogP contribution is -2.30. The van der Waals surface area contributed by atoms with Crippen molar-refractivity contribution < 1.29 is 4.79 Å². The highest BCUT2D eigenvalue weighted by atomic mass is 127. The van der Waals surface area contributed by atoms with Crippen molar-refractivity contribution in [1.82, 2.24) is 4.90 Å². The van der Waals surface area contributed by atoms with Crippen molar-refractivity contribution in [2.24, 2.45) is 5.73 Å². The van der Waals surface area contributed by atoms with Crippen LogP contribution in [0.5, 0.6) is 0 Å². The van der Waals surface area contributed by atoms with E-state index < -0.39 is 0 Å². The van der Waals surface area contributed by atoms with E-state index in [1.807, 2.05) is 24.1 Å². The zero-order chi connectivity index (χ0) is 10.6. The Kier molecular flexibility index (Phi) is 4.34. The van der Waals surface area contributed by atoms with Crippen LogP contribution in [0.15, 0.2) is 24.3 Å². The number of hydrogen-bond donors (Lipinski definition) is 1. The summed E-state index contributed by atoms with van der Waals surface area (Å²) in [6.45, 7) is 1.05. The van der Waals surface area contributed by atoms with Crippen LogP contribution in [0.2, 0.25) is 0 Å². The van der Waals surface area contributed by atoms with Gasteiger partial charge in [-0.1, -0.05) is 12.1 Å². The topological polar surface area (TPSA) is 46.3 Å². The Balaban J connectivity index is 2.51. The number of halogens is 1. The molecule has 0 unspecified atom stereocenters. The van der Waals surface area contributed by atoms with E-state index in [-0.39, 0.29) is 5.91 Å². The van der Waals surface area contributed by atoms with Gasteiger partial charge in [0.15, 0.2) is 0 Å². The molecule has 0 radical (unpaired) electrons. The summed E-state index contributed by atoms with van der Waals surface area (Å²) in [7, 11) is 1.88. The van der Waals surface area contributed by atoms with Gasteiger partial charge in [-0.2, -0.15) is 0 Å². The second kappa shape index (κ2) is 5.31. The maximum atomic E-state index is 10.6. The fraction of sp³-hybridized carbons (Fsp3) is 0.300. The zero-order valence-corrected chi connectivity index (χ0v) is 10.2. The molecule has 0 aromatic heterocycles. The highest BCUT2D eigenvalue weighted by molar-refractivity contribution is 14.1. The SMILES string of the molecule is CN(CC(N)=O)Cc1ccc(I)cc1. The van der Waals surface area contributed by atoms with Crippen molar-refractivity contribution in [2.75, 3.05) is 13.6 Å². The minimum Gasteiger partial charge on any atom is -0.369 e. The van der Waals surface area contributed by atoms with E-state index in [0.29, 0.717) is 6.54 Å². The minimum atomic E-state index is -0.294. The van der Waals surface area contributed by atoms with Crippen molar-refractivity contribution in [1.29, 1.82) is 0 Å². The van der Waals surface area contributed by atoms with E-state index in [2.05, 4.69) is 34.7 Å². The predicted octanol–water partition coefficient (Wildman–Crippen LogP) is 1.21. The lowest BCUT2D eigenvalue weighted by atomic mass is 10.2. The normalized spacial score (nSPS) is 10.5. The third-order valence-corrected chi connectivity index (χ3v) is 2.51. The van der Waals surface area contributed by atoms with Gasteiger partial charge in [-0.05, 0) is 47.3 Å². The molecule has 0 atom stereocenters. The van der Waals surface area contributed by atoms with Crippen LogP contribution in [0.1, 0.15) is 5.56 Å². The van der Waals surface area contributed by atoms with Crippen LogP contribution in [0.25, 0.3) is 0 Å². The Hall–Kier alpha value is -0.620. The minimum absolute atomic E-state index is 0.294. The van der Waals surface area contributed by atoms with E-state index >= 15 is 0 Å². The van der Waals surface area contributed by atoms with Crippen LogP contribution in [0, 0.1) is 3.57 Å². The lowest BCUT2D eigenvalue weighted by molar-refractivity contribution is -0.118. The average molecular weight is 304 g/mol. The molecule has 1 amide bonds. The molecule has 1 rings (SSSR count). The highest BCUT2D eigenvalue weighted by Gasteiger charge is 2.02. The highest BCUT2D eigenvalue weighted by Crippen LogP contribution is 2.08. The number of carbonyl (C=O) groups is 1. The second-order valence-electron chi connectivity index (χ2n) is 3.27. The predicted molar refractivity (Wildman–Crippen MR) is 64.7 cm³/mol. The molecule has 0 aliphatic heterocycles. The van der Waals surface area contributed by atoms with Gasteiger partial charge < -0.3 is 5.73 Å². The number of nitrogens with zero attached hydrogens (tertiary/aromatic N) is 1. The molecule has 1 aromatic carbocycles. The summed E-state index contributed by atoms with van der Waals surface area (Å²) in [6.07, 6.45) is 0. The number of carbonyl (C=O) groups excluding carboxylic acids is 1. The molecule has 0 saturated carbocycles. The summed E-state index contributed by atoms with van der Waals surface area (Å²) in [6, 6.07) is 8.21. The van der Waals surface area contributed by atoms with Crippen molar-refractivity contribution in [3.63, 3.8) is 0 Å². The number of amides is 1. The Labute approximate surface area is 97.4 Å². The molecule has 0 saturated heterocycles. The molecule has 4 heteroatoms. The standard InChI is InChI=1S/C10H13IN2O/c1-13(7-10(12)14)6-8-2-4-9(11)5-3-8/h2-5H,6-7H2,1H3,(H2,12,14). The molecular weight excluding hydrogens is 291 g/mol. The molecule has 0 aliphatic carbocycles. The maximum absolute atomic E-state index is 10.6. The van der Waals surface area contributed by atoms with Gasteiger partial charge in [0, 0.05) is 10.1 Å². The van der Waals surface area contributed by atoms with E-state index in [4.69, 9.17) is 5.73 Å². The molecule has 0 fully saturated rings. The van der Waals surface area contributed by atoms with Gasteiger partial charge in [0.2, 0.25) is 5.91 Å². The quantitative estimate of drug-likeness (QED) is 0.850. The van der Waals surface area contributed by atoms with E-state index in [1.54, 1.807) is 0 Å². The van der Waals surface area contributed by atoms with Gasteiger partial charge in [0.1, 0.15) is 0 Å². The van der Waals surface area contributed by atoms with Crippen LogP contribution < -0.4 is 5.73 Å². The molecule has 14 heavy (non-hydrogen) atoms. The fourth-order valence-electron chi connectivity index (χ4n) is 1.22. The summed E-state index contributed by atoms with van der Waals surface area (Å²) in [5.74, 6) is -0.294. The van der Waals surface area contributed by atoms with Gasteiger partial charge in [-0.25, -0.2) is 0 Å². The number of likely N-dealkylation sites (N-methyl/N-ethyl adjacent to an activating group) is 1. The first kappa shape index (κ1) is 11.5. The Morgan fingerprint density at radius 2 is 2.00 bits per heavy atom. The molecule has 0 bridgehead atoms. The third kappa shape index (κ3) is 4.06. The monoisotopic (exact) mass is 304 g/mol. The maximum Gasteiger partial charge on any atom is 0.231 e. The van der Waals surface area contributed by atoms with Crippen LogP contribution >= 0.6 is 22.6 Å². The van der Waals surface area contributed by atoms with E-state index in [0.717, 1.165) is 6.54 Å². The number of nitrogens with two attached hydrogens (primary N) is 1. The third-order valence-electron chi connectivity index (χ3n) is 1.79.